The predicted octanol–water partition coefficient (Wildman–Crippen LogP) is 1.72. The second-order valence-corrected chi connectivity index (χ2v) is 6.61. The van der Waals surface area contributed by atoms with Gasteiger partial charge in [0.2, 0.25) is 5.91 Å². The van der Waals surface area contributed by atoms with E-state index in [0.29, 0.717) is 6.54 Å². The molecular formula is C17H22N4O3. The number of hydrogen-bond acceptors (Lipinski definition) is 4. The zero-order chi connectivity index (χ0) is 17.9. The summed E-state index contributed by atoms with van der Waals surface area (Å²) in [6, 6.07) is 8.26. The molecule has 7 heteroatoms. The summed E-state index contributed by atoms with van der Waals surface area (Å²) in [6.45, 7) is 6.70. The number of carbonyl (C=O) groups is 2. The number of likely N-dealkylation sites (N-methyl/N-ethyl adjacent to an activating group) is 1. The number of hydrogen-bond donors (Lipinski definition) is 1. The first-order valence-electron chi connectivity index (χ1n) is 7.63. The molecule has 0 bridgehead atoms. The van der Waals surface area contributed by atoms with Crippen molar-refractivity contribution in [3.63, 3.8) is 0 Å². The van der Waals surface area contributed by atoms with Crippen LogP contribution in [0.3, 0.4) is 0 Å². The largest absolute Gasteiger partial charge is 0.476 e. The zero-order valence-electron chi connectivity index (χ0n) is 14.4. The molecular weight excluding hydrogens is 308 g/mol. The first-order chi connectivity index (χ1) is 11.2. The highest BCUT2D eigenvalue weighted by Crippen LogP contribution is 2.24. The minimum Gasteiger partial charge on any atom is -0.476 e. The first-order valence-corrected chi connectivity index (χ1v) is 7.63. The summed E-state index contributed by atoms with van der Waals surface area (Å²) in [5, 5.41) is 16.0. The Labute approximate surface area is 140 Å². The average Bonchev–Trinajstić information content (AvgIpc) is 2.96. The summed E-state index contributed by atoms with van der Waals surface area (Å²) in [5.41, 5.74) is 1.97. The Morgan fingerprint density at radius 1 is 1.25 bits per heavy atom. The van der Waals surface area contributed by atoms with Crippen LogP contribution in [-0.4, -0.2) is 50.5 Å². The van der Waals surface area contributed by atoms with Crippen LogP contribution in [0.15, 0.2) is 30.5 Å². The number of aromatic carboxylic acids is 1. The Morgan fingerprint density at radius 2 is 1.88 bits per heavy atom. The fourth-order valence-corrected chi connectivity index (χ4v) is 2.51. The van der Waals surface area contributed by atoms with Gasteiger partial charge in [0.05, 0.1) is 6.20 Å². The van der Waals surface area contributed by atoms with Gasteiger partial charge in [-0.05, 0) is 12.5 Å². The molecule has 1 N–H and O–H groups in total. The second-order valence-electron chi connectivity index (χ2n) is 6.61. The van der Waals surface area contributed by atoms with Gasteiger partial charge in [-0.1, -0.05) is 48.9 Å². The zero-order valence-corrected chi connectivity index (χ0v) is 14.4. The number of aryl methyl sites for hydroxylation is 1. The number of nitrogens with zero attached hydrogens (tertiary/aromatic N) is 4. The molecule has 24 heavy (non-hydrogen) atoms. The molecule has 1 aromatic heterocycles. The van der Waals surface area contributed by atoms with Crippen molar-refractivity contribution >= 4 is 11.9 Å². The topological polar surface area (TPSA) is 88.3 Å². The Bertz CT molecular complexity index is 735. The van der Waals surface area contributed by atoms with Crippen LogP contribution < -0.4 is 0 Å². The van der Waals surface area contributed by atoms with Crippen molar-refractivity contribution in [1.29, 1.82) is 0 Å². The third kappa shape index (κ3) is 4.18. The fourth-order valence-electron chi connectivity index (χ4n) is 2.51. The fraction of sp³-hybridized carbons (Fsp3) is 0.412. The molecule has 1 amide bonds. The van der Waals surface area contributed by atoms with Gasteiger partial charge in [0.15, 0.2) is 5.69 Å². The van der Waals surface area contributed by atoms with E-state index in [-0.39, 0.29) is 23.6 Å². The number of carbonyl (C=O) groups excluding carboxylic acids is 1. The molecule has 0 unspecified atom stereocenters. The van der Waals surface area contributed by atoms with Gasteiger partial charge in [-0.2, -0.15) is 0 Å². The van der Waals surface area contributed by atoms with E-state index in [1.165, 1.54) is 16.4 Å². The number of carboxylic acid groups (broad SMARTS) is 1. The Morgan fingerprint density at radius 3 is 2.42 bits per heavy atom. The lowest BCUT2D eigenvalue weighted by Gasteiger charge is -2.31. The minimum atomic E-state index is -1.16. The van der Waals surface area contributed by atoms with E-state index in [1.807, 2.05) is 6.92 Å². The molecule has 0 fully saturated rings. The molecule has 0 radical (unpaired) electrons. The number of carboxylic acids is 1. The molecule has 0 saturated heterocycles. The summed E-state index contributed by atoms with van der Waals surface area (Å²) in [6.07, 6.45) is 1.25. The molecule has 1 heterocycles. The SMILES string of the molecule is Cc1ccc(C(C)(C)CN(C)C(=O)Cn2cc(C(=O)O)nn2)cc1. The van der Waals surface area contributed by atoms with E-state index >= 15 is 0 Å². The van der Waals surface area contributed by atoms with Crippen LogP contribution in [-0.2, 0) is 16.8 Å². The van der Waals surface area contributed by atoms with E-state index in [4.69, 9.17) is 5.11 Å². The van der Waals surface area contributed by atoms with Gasteiger partial charge < -0.3 is 10.0 Å². The van der Waals surface area contributed by atoms with Crippen LogP contribution in [0.25, 0.3) is 0 Å². The van der Waals surface area contributed by atoms with Crippen LogP contribution >= 0.6 is 0 Å². The Hall–Kier alpha value is -2.70. The van der Waals surface area contributed by atoms with Gasteiger partial charge >= 0.3 is 5.97 Å². The van der Waals surface area contributed by atoms with Crippen LogP contribution in [0.4, 0.5) is 0 Å². The van der Waals surface area contributed by atoms with Crippen molar-refractivity contribution in [3.8, 4) is 0 Å². The third-order valence-corrected chi connectivity index (χ3v) is 3.95. The van der Waals surface area contributed by atoms with Gasteiger partial charge in [0, 0.05) is 19.0 Å². The summed E-state index contributed by atoms with van der Waals surface area (Å²) in [7, 11) is 1.73. The molecule has 0 aliphatic rings. The summed E-state index contributed by atoms with van der Waals surface area (Å²) >= 11 is 0. The molecule has 0 aliphatic carbocycles. The van der Waals surface area contributed by atoms with Crippen molar-refractivity contribution in [3.05, 3.63) is 47.3 Å². The quantitative estimate of drug-likeness (QED) is 0.871. The maximum Gasteiger partial charge on any atom is 0.358 e. The molecule has 128 valence electrons. The van der Waals surface area contributed by atoms with Crippen LogP contribution in [0.5, 0.6) is 0 Å². The molecule has 7 nitrogen and oxygen atoms in total. The van der Waals surface area contributed by atoms with Crippen molar-refractivity contribution in [2.24, 2.45) is 0 Å². The molecule has 0 spiro atoms. The van der Waals surface area contributed by atoms with Crippen molar-refractivity contribution in [2.45, 2.75) is 32.7 Å². The monoisotopic (exact) mass is 330 g/mol. The number of amides is 1. The number of benzene rings is 1. The molecule has 1 aromatic carbocycles. The smallest absolute Gasteiger partial charge is 0.358 e. The predicted molar refractivity (Wildman–Crippen MR) is 88.8 cm³/mol. The number of rotatable bonds is 6. The maximum absolute atomic E-state index is 12.3. The first kappa shape index (κ1) is 17.7. The molecule has 2 rings (SSSR count). The van der Waals surface area contributed by atoms with Gasteiger partial charge in [-0.3, -0.25) is 4.79 Å². The third-order valence-electron chi connectivity index (χ3n) is 3.95. The van der Waals surface area contributed by atoms with Gasteiger partial charge in [-0.25, -0.2) is 9.48 Å². The van der Waals surface area contributed by atoms with E-state index in [9.17, 15) is 9.59 Å². The summed E-state index contributed by atoms with van der Waals surface area (Å²) in [4.78, 5) is 24.8. The van der Waals surface area contributed by atoms with Crippen molar-refractivity contribution in [2.75, 3.05) is 13.6 Å². The van der Waals surface area contributed by atoms with E-state index in [1.54, 1.807) is 11.9 Å². The molecule has 0 aliphatic heterocycles. The normalized spacial score (nSPS) is 11.3. The van der Waals surface area contributed by atoms with Crippen molar-refractivity contribution < 1.29 is 14.7 Å². The highest BCUT2D eigenvalue weighted by Gasteiger charge is 2.25. The van der Waals surface area contributed by atoms with Gasteiger partial charge in [-0.15, -0.1) is 5.10 Å². The average molecular weight is 330 g/mol. The lowest BCUT2D eigenvalue weighted by molar-refractivity contribution is -0.131. The lowest BCUT2D eigenvalue weighted by Crippen LogP contribution is -2.39. The molecule has 2 aromatic rings. The van der Waals surface area contributed by atoms with E-state index < -0.39 is 5.97 Å². The van der Waals surface area contributed by atoms with Gasteiger partial charge in [0.1, 0.15) is 6.54 Å². The van der Waals surface area contributed by atoms with Crippen LogP contribution in [0.1, 0.15) is 35.5 Å². The van der Waals surface area contributed by atoms with Crippen LogP contribution in [0, 0.1) is 6.92 Å². The minimum absolute atomic E-state index is 0.0409. The van der Waals surface area contributed by atoms with E-state index in [0.717, 1.165) is 5.56 Å². The standard InChI is InChI=1S/C17H22N4O3/c1-12-5-7-13(8-6-12)17(2,3)11-20(4)15(22)10-21-9-14(16(23)24)18-19-21/h5-9H,10-11H2,1-4H3,(H,23,24). The molecule has 0 atom stereocenters. The lowest BCUT2D eigenvalue weighted by atomic mass is 9.84. The number of aromatic nitrogens is 3. The Balaban J connectivity index is 2.01. The van der Waals surface area contributed by atoms with Crippen LogP contribution in [0.2, 0.25) is 0 Å². The highest BCUT2D eigenvalue weighted by molar-refractivity contribution is 5.84. The van der Waals surface area contributed by atoms with E-state index in [2.05, 4.69) is 48.4 Å². The maximum atomic E-state index is 12.3. The molecule has 0 saturated carbocycles. The summed E-state index contributed by atoms with van der Waals surface area (Å²) in [5.74, 6) is -1.32. The summed E-state index contributed by atoms with van der Waals surface area (Å²) < 4.78 is 1.24. The Kier molecular flexibility index (Phi) is 5.02. The van der Waals surface area contributed by atoms with Crippen molar-refractivity contribution in [1.82, 2.24) is 19.9 Å². The highest BCUT2D eigenvalue weighted by atomic mass is 16.4. The second kappa shape index (κ2) is 6.82. The van der Waals surface area contributed by atoms with Gasteiger partial charge in [0.25, 0.3) is 0 Å².